The van der Waals surface area contributed by atoms with Gasteiger partial charge in [0.1, 0.15) is 5.82 Å². The predicted molar refractivity (Wildman–Crippen MR) is 74.5 cm³/mol. The van der Waals surface area contributed by atoms with E-state index in [0.29, 0.717) is 4.47 Å². The van der Waals surface area contributed by atoms with Crippen LogP contribution >= 0.6 is 39.2 Å². The first-order valence-electron chi connectivity index (χ1n) is 5.13. The Labute approximate surface area is 121 Å². The van der Waals surface area contributed by atoms with Gasteiger partial charge in [0, 0.05) is 15.8 Å². The smallest absolute Gasteiger partial charge is 0.336 e. The zero-order valence-corrected chi connectivity index (χ0v) is 12.6. The lowest BCUT2D eigenvalue weighted by Gasteiger charge is -2.02. The maximum Gasteiger partial charge on any atom is 0.336 e. The second kappa shape index (κ2) is 5.81. The quantitative estimate of drug-likeness (QED) is 0.915. The van der Waals surface area contributed by atoms with E-state index in [4.69, 9.17) is 5.11 Å². The van der Waals surface area contributed by atoms with Crippen LogP contribution in [0.5, 0.6) is 0 Å². The first kappa shape index (κ1) is 13.5. The van der Waals surface area contributed by atoms with E-state index in [1.54, 1.807) is 12.1 Å². The molecule has 18 heavy (non-hydrogen) atoms. The molecule has 0 aliphatic carbocycles. The lowest BCUT2D eigenvalue weighted by molar-refractivity contribution is 0.0695. The van der Waals surface area contributed by atoms with Crippen molar-refractivity contribution in [3.63, 3.8) is 0 Å². The highest BCUT2D eigenvalue weighted by Crippen LogP contribution is 2.31. The van der Waals surface area contributed by atoms with Crippen LogP contribution in [0, 0.1) is 0 Å². The third-order valence-corrected chi connectivity index (χ3v) is 4.61. The van der Waals surface area contributed by atoms with E-state index in [1.807, 2.05) is 13.0 Å². The molecule has 1 aromatic heterocycles. The van der Waals surface area contributed by atoms with Gasteiger partial charge in [-0.2, -0.15) is 4.37 Å². The summed E-state index contributed by atoms with van der Waals surface area (Å²) in [5, 5.41) is 9.03. The molecule has 0 saturated heterocycles. The van der Waals surface area contributed by atoms with E-state index in [1.165, 1.54) is 23.3 Å². The molecule has 0 unspecified atom stereocenters. The number of nitrogens with zero attached hydrogens (tertiary/aromatic N) is 2. The van der Waals surface area contributed by atoms with Crippen molar-refractivity contribution in [1.29, 1.82) is 0 Å². The Hall–Kier alpha value is -0.920. The molecule has 0 radical (unpaired) electrons. The Kier molecular flexibility index (Phi) is 4.36. The largest absolute Gasteiger partial charge is 0.478 e. The maximum absolute atomic E-state index is 11.0. The number of hydrogen-bond acceptors (Lipinski definition) is 5. The van der Waals surface area contributed by atoms with Gasteiger partial charge in [0.2, 0.25) is 0 Å². The monoisotopic (exact) mass is 344 g/mol. The number of halogens is 1. The lowest BCUT2D eigenvalue weighted by Crippen LogP contribution is -1.97. The first-order chi connectivity index (χ1) is 8.60. The molecule has 0 aliphatic rings. The van der Waals surface area contributed by atoms with Gasteiger partial charge in [-0.05, 0) is 45.7 Å². The van der Waals surface area contributed by atoms with Crippen LogP contribution in [0.4, 0.5) is 0 Å². The number of carbonyl (C=O) groups is 1. The Morgan fingerprint density at radius 3 is 2.94 bits per heavy atom. The van der Waals surface area contributed by atoms with Gasteiger partial charge in [0.15, 0.2) is 4.34 Å². The molecule has 2 aromatic rings. The summed E-state index contributed by atoms with van der Waals surface area (Å²) in [5.74, 6) is -0.131. The molecule has 1 N–H and O–H groups in total. The molecule has 0 aliphatic heterocycles. The number of hydrogen-bond donors (Lipinski definition) is 1. The number of rotatable bonds is 4. The normalized spacial score (nSPS) is 10.6. The molecule has 2 rings (SSSR count). The van der Waals surface area contributed by atoms with Gasteiger partial charge >= 0.3 is 5.97 Å². The van der Waals surface area contributed by atoms with Crippen LogP contribution in [0.3, 0.4) is 0 Å². The summed E-state index contributed by atoms with van der Waals surface area (Å²) in [5.41, 5.74) is 0.250. The standard InChI is InChI=1S/C11H9BrN2O2S2/c1-2-9-13-11(18-14-9)17-6-3-4-8(12)7(5-6)10(15)16/h3-5H,2H2,1H3,(H,15,16). The minimum Gasteiger partial charge on any atom is -0.478 e. The molecule has 0 atom stereocenters. The molecule has 0 fully saturated rings. The van der Waals surface area contributed by atoms with Crippen LogP contribution in [0.1, 0.15) is 23.1 Å². The van der Waals surface area contributed by atoms with E-state index in [0.717, 1.165) is 21.5 Å². The summed E-state index contributed by atoms with van der Waals surface area (Å²) in [6, 6.07) is 5.21. The Balaban J connectivity index is 2.24. The fourth-order valence-corrected chi connectivity index (χ4v) is 3.39. The van der Waals surface area contributed by atoms with Crippen molar-refractivity contribution in [3.8, 4) is 0 Å². The van der Waals surface area contributed by atoms with Crippen LogP contribution in [-0.2, 0) is 6.42 Å². The van der Waals surface area contributed by atoms with Crippen LogP contribution in [0.25, 0.3) is 0 Å². The molecule has 94 valence electrons. The van der Waals surface area contributed by atoms with Gasteiger partial charge in [-0.15, -0.1) is 0 Å². The van der Waals surface area contributed by atoms with Gasteiger partial charge in [0.05, 0.1) is 5.56 Å². The average molecular weight is 345 g/mol. The zero-order chi connectivity index (χ0) is 13.1. The van der Waals surface area contributed by atoms with Crippen LogP contribution in [0.15, 0.2) is 31.9 Å². The van der Waals surface area contributed by atoms with Crippen LogP contribution in [0.2, 0.25) is 0 Å². The summed E-state index contributed by atoms with van der Waals surface area (Å²) >= 11 is 5.97. The van der Waals surface area contributed by atoms with Crippen molar-refractivity contribution in [3.05, 3.63) is 34.1 Å². The Morgan fingerprint density at radius 2 is 2.33 bits per heavy atom. The third-order valence-electron chi connectivity index (χ3n) is 2.14. The summed E-state index contributed by atoms with van der Waals surface area (Å²) in [4.78, 5) is 16.2. The second-order valence-corrected chi connectivity index (χ2v) is 6.31. The second-order valence-electron chi connectivity index (χ2n) is 3.38. The van der Waals surface area contributed by atoms with Crippen molar-refractivity contribution in [2.24, 2.45) is 0 Å². The summed E-state index contributed by atoms with van der Waals surface area (Å²) in [6.45, 7) is 2.00. The van der Waals surface area contributed by atoms with Crippen molar-refractivity contribution >= 4 is 45.2 Å². The first-order valence-corrected chi connectivity index (χ1v) is 7.51. The topological polar surface area (TPSA) is 63.1 Å². The molecule has 7 heteroatoms. The van der Waals surface area contributed by atoms with Crippen molar-refractivity contribution in [1.82, 2.24) is 9.36 Å². The van der Waals surface area contributed by atoms with E-state index in [9.17, 15) is 4.79 Å². The molecular formula is C11H9BrN2O2S2. The number of aromatic nitrogens is 2. The number of aromatic carboxylic acids is 1. The minimum absolute atomic E-state index is 0.250. The van der Waals surface area contributed by atoms with Gasteiger partial charge in [-0.3, -0.25) is 0 Å². The fourth-order valence-electron chi connectivity index (χ4n) is 1.26. The molecule has 1 heterocycles. The van der Waals surface area contributed by atoms with E-state index in [2.05, 4.69) is 25.3 Å². The van der Waals surface area contributed by atoms with Gasteiger partial charge in [-0.1, -0.05) is 18.7 Å². The number of carboxylic acids is 1. The third kappa shape index (κ3) is 3.09. The van der Waals surface area contributed by atoms with E-state index < -0.39 is 5.97 Å². The molecular weight excluding hydrogens is 336 g/mol. The highest BCUT2D eigenvalue weighted by atomic mass is 79.9. The highest BCUT2D eigenvalue weighted by molar-refractivity contribution is 9.10. The number of carboxylic acid groups (broad SMARTS) is 1. The summed E-state index contributed by atoms with van der Waals surface area (Å²) < 4.78 is 5.59. The predicted octanol–water partition coefficient (Wildman–Crippen LogP) is 3.71. The van der Waals surface area contributed by atoms with Crippen molar-refractivity contribution in [2.75, 3.05) is 0 Å². The minimum atomic E-state index is -0.948. The molecule has 0 amide bonds. The van der Waals surface area contributed by atoms with Crippen molar-refractivity contribution in [2.45, 2.75) is 22.6 Å². The SMILES string of the molecule is CCc1nsc(Sc2ccc(Br)c(C(=O)O)c2)n1. The lowest BCUT2D eigenvalue weighted by atomic mass is 10.2. The Morgan fingerprint density at radius 1 is 1.56 bits per heavy atom. The zero-order valence-electron chi connectivity index (χ0n) is 9.38. The van der Waals surface area contributed by atoms with Gasteiger partial charge < -0.3 is 5.11 Å². The highest BCUT2D eigenvalue weighted by Gasteiger charge is 2.11. The number of aryl methyl sites for hydroxylation is 1. The van der Waals surface area contributed by atoms with Crippen LogP contribution < -0.4 is 0 Å². The number of benzene rings is 1. The Bertz CT molecular complexity index is 586. The van der Waals surface area contributed by atoms with Crippen LogP contribution in [-0.4, -0.2) is 20.4 Å². The van der Waals surface area contributed by atoms with Gasteiger partial charge in [0.25, 0.3) is 0 Å². The molecule has 1 aromatic carbocycles. The molecule has 4 nitrogen and oxygen atoms in total. The molecule has 0 saturated carbocycles. The van der Waals surface area contributed by atoms with E-state index in [-0.39, 0.29) is 5.56 Å². The fraction of sp³-hybridized carbons (Fsp3) is 0.182. The maximum atomic E-state index is 11.0. The summed E-state index contributed by atoms with van der Waals surface area (Å²) in [6.07, 6.45) is 0.803. The average Bonchev–Trinajstić information content (AvgIpc) is 2.79. The molecule has 0 spiro atoms. The van der Waals surface area contributed by atoms with Crippen molar-refractivity contribution < 1.29 is 9.90 Å². The summed E-state index contributed by atoms with van der Waals surface area (Å²) in [7, 11) is 0. The van der Waals surface area contributed by atoms with Gasteiger partial charge in [-0.25, -0.2) is 9.78 Å². The van der Waals surface area contributed by atoms with E-state index >= 15 is 0 Å². The molecule has 0 bridgehead atoms.